The fraction of sp³-hybridized carbons (Fsp3) is 0.615. The highest BCUT2D eigenvalue weighted by molar-refractivity contribution is 5.42. The number of nitrogens with one attached hydrogen (secondary N) is 1. The lowest BCUT2D eigenvalue weighted by molar-refractivity contribution is 0.347. The fourth-order valence-electron chi connectivity index (χ4n) is 2.01. The molecular formula is C13H20N2O2. The smallest absolute Gasteiger partial charge is 0.183 e. The van der Waals surface area contributed by atoms with Crippen LogP contribution in [0.5, 0.6) is 11.5 Å². The van der Waals surface area contributed by atoms with Crippen LogP contribution in [0.15, 0.2) is 12.3 Å². The third-order valence-corrected chi connectivity index (χ3v) is 3.40. The van der Waals surface area contributed by atoms with Gasteiger partial charge in [0.25, 0.3) is 0 Å². The molecule has 1 aromatic rings. The topological polar surface area (TPSA) is 43.4 Å². The van der Waals surface area contributed by atoms with Gasteiger partial charge in [0, 0.05) is 24.8 Å². The summed E-state index contributed by atoms with van der Waals surface area (Å²) < 4.78 is 10.6. The molecule has 0 amide bonds. The van der Waals surface area contributed by atoms with E-state index in [0.717, 1.165) is 17.2 Å². The Balaban J connectivity index is 2.05. The van der Waals surface area contributed by atoms with E-state index in [1.807, 2.05) is 6.07 Å². The zero-order valence-corrected chi connectivity index (χ0v) is 10.9. The van der Waals surface area contributed by atoms with Gasteiger partial charge in [0.15, 0.2) is 11.5 Å². The summed E-state index contributed by atoms with van der Waals surface area (Å²) in [5.41, 5.74) is 1.32. The summed E-state index contributed by atoms with van der Waals surface area (Å²) in [7, 11) is 3.28. The molecule has 0 radical (unpaired) electrons. The molecule has 0 aromatic carbocycles. The van der Waals surface area contributed by atoms with Crippen LogP contribution in [0.1, 0.15) is 26.0 Å². The lowest BCUT2D eigenvalue weighted by atomic mass is 10.2. The Morgan fingerprint density at radius 2 is 2.12 bits per heavy atom. The summed E-state index contributed by atoms with van der Waals surface area (Å²) in [6.45, 7) is 5.25. The minimum Gasteiger partial charge on any atom is -0.493 e. The maximum absolute atomic E-state index is 5.34. The summed E-state index contributed by atoms with van der Waals surface area (Å²) in [4.78, 5) is 4.34. The largest absolute Gasteiger partial charge is 0.493 e. The molecule has 1 unspecified atom stereocenters. The molecular weight excluding hydrogens is 216 g/mol. The van der Waals surface area contributed by atoms with Crippen molar-refractivity contribution in [2.24, 2.45) is 5.41 Å². The maximum atomic E-state index is 5.34. The molecule has 2 rings (SSSR count). The Morgan fingerprint density at radius 3 is 2.65 bits per heavy atom. The molecule has 4 heteroatoms. The van der Waals surface area contributed by atoms with Gasteiger partial charge >= 0.3 is 0 Å². The first-order valence-electron chi connectivity index (χ1n) is 5.87. The quantitative estimate of drug-likeness (QED) is 0.849. The van der Waals surface area contributed by atoms with Gasteiger partial charge in [-0.2, -0.15) is 0 Å². The van der Waals surface area contributed by atoms with E-state index in [2.05, 4.69) is 24.1 Å². The number of aromatic nitrogens is 1. The SMILES string of the molecule is COc1ccnc(CNC2CC2(C)C)c1OC. The molecule has 4 nitrogen and oxygen atoms in total. The van der Waals surface area contributed by atoms with E-state index >= 15 is 0 Å². The van der Waals surface area contributed by atoms with Crippen molar-refractivity contribution >= 4 is 0 Å². The van der Waals surface area contributed by atoms with Gasteiger partial charge in [0.2, 0.25) is 0 Å². The van der Waals surface area contributed by atoms with Crippen LogP contribution >= 0.6 is 0 Å². The lowest BCUT2D eigenvalue weighted by Crippen LogP contribution is -2.21. The number of nitrogens with zero attached hydrogens (tertiary/aromatic N) is 1. The predicted octanol–water partition coefficient (Wildman–Crippen LogP) is 1.99. The molecule has 0 bridgehead atoms. The van der Waals surface area contributed by atoms with Crippen LogP contribution in [-0.2, 0) is 6.54 Å². The average Bonchev–Trinajstić information content (AvgIpc) is 2.93. The first-order chi connectivity index (χ1) is 8.08. The average molecular weight is 236 g/mol. The highest BCUT2D eigenvalue weighted by Gasteiger charge is 2.45. The number of hydrogen-bond acceptors (Lipinski definition) is 4. The minimum absolute atomic E-state index is 0.423. The number of pyridine rings is 1. The summed E-state index contributed by atoms with van der Waals surface area (Å²) >= 11 is 0. The summed E-state index contributed by atoms with van der Waals surface area (Å²) in [5, 5.41) is 3.49. The predicted molar refractivity (Wildman–Crippen MR) is 66.4 cm³/mol. The minimum atomic E-state index is 0.423. The highest BCUT2D eigenvalue weighted by Crippen LogP contribution is 2.44. The van der Waals surface area contributed by atoms with Crippen molar-refractivity contribution < 1.29 is 9.47 Å². The van der Waals surface area contributed by atoms with E-state index in [1.54, 1.807) is 20.4 Å². The van der Waals surface area contributed by atoms with Gasteiger partial charge in [-0.25, -0.2) is 0 Å². The van der Waals surface area contributed by atoms with Crippen molar-refractivity contribution in [1.29, 1.82) is 0 Å². The molecule has 1 heterocycles. The summed E-state index contributed by atoms with van der Waals surface area (Å²) in [6, 6.07) is 2.39. The molecule has 1 aromatic heterocycles. The lowest BCUT2D eigenvalue weighted by Gasteiger charge is -2.12. The van der Waals surface area contributed by atoms with Crippen LogP contribution in [0.2, 0.25) is 0 Å². The number of methoxy groups -OCH3 is 2. The van der Waals surface area contributed by atoms with Gasteiger partial charge < -0.3 is 14.8 Å². The van der Waals surface area contributed by atoms with E-state index in [0.29, 0.717) is 18.0 Å². The van der Waals surface area contributed by atoms with Crippen LogP contribution in [0.25, 0.3) is 0 Å². The van der Waals surface area contributed by atoms with Crippen molar-refractivity contribution in [3.63, 3.8) is 0 Å². The first kappa shape index (κ1) is 12.2. The molecule has 0 saturated heterocycles. The van der Waals surface area contributed by atoms with Crippen molar-refractivity contribution in [3.8, 4) is 11.5 Å². The molecule has 94 valence electrons. The van der Waals surface area contributed by atoms with Crippen LogP contribution in [0.3, 0.4) is 0 Å². The first-order valence-corrected chi connectivity index (χ1v) is 5.87. The standard InChI is InChI=1S/C13H20N2O2/c1-13(2)7-11(13)15-8-9-12(17-4)10(16-3)5-6-14-9/h5-6,11,15H,7-8H2,1-4H3. The Kier molecular flexibility index (Phi) is 3.24. The van der Waals surface area contributed by atoms with Crippen molar-refractivity contribution in [3.05, 3.63) is 18.0 Å². The molecule has 1 aliphatic carbocycles. The van der Waals surface area contributed by atoms with E-state index in [9.17, 15) is 0 Å². The Labute approximate surface area is 102 Å². The molecule has 0 spiro atoms. The summed E-state index contributed by atoms with van der Waals surface area (Å²) in [5.74, 6) is 1.45. The van der Waals surface area contributed by atoms with Gasteiger partial charge in [-0.1, -0.05) is 13.8 Å². The number of hydrogen-bond donors (Lipinski definition) is 1. The van der Waals surface area contributed by atoms with Crippen LogP contribution < -0.4 is 14.8 Å². The van der Waals surface area contributed by atoms with Gasteiger partial charge in [-0.15, -0.1) is 0 Å². The maximum Gasteiger partial charge on any atom is 0.183 e. The molecule has 1 fully saturated rings. The second-order valence-electron chi connectivity index (χ2n) is 5.12. The zero-order valence-electron chi connectivity index (χ0n) is 10.9. The molecule has 17 heavy (non-hydrogen) atoms. The molecule has 0 aliphatic heterocycles. The van der Waals surface area contributed by atoms with Crippen molar-refractivity contribution in [2.45, 2.75) is 32.9 Å². The zero-order chi connectivity index (χ0) is 12.5. The van der Waals surface area contributed by atoms with E-state index < -0.39 is 0 Å². The van der Waals surface area contributed by atoms with Gasteiger partial charge in [0.05, 0.1) is 19.9 Å². The second-order valence-corrected chi connectivity index (χ2v) is 5.12. The normalized spacial score (nSPS) is 21.1. The van der Waals surface area contributed by atoms with E-state index in [1.165, 1.54) is 6.42 Å². The van der Waals surface area contributed by atoms with Crippen LogP contribution in [0.4, 0.5) is 0 Å². The van der Waals surface area contributed by atoms with Gasteiger partial charge in [-0.05, 0) is 11.8 Å². The Hall–Kier alpha value is -1.29. The summed E-state index contributed by atoms with van der Waals surface area (Å²) in [6.07, 6.45) is 2.97. The molecule has 1 N–H and O–H groups in total. The molecule has 1 saturated carbocycles. The van der Waals surface area contributed by atoms with E-state index in [4.69, 9.17) is 9.47 Å². The monoisotopic (exact) mass is 236 g/mol. The third-order valence-electron chi connectivity index (χ3n) is 3.40. The number of ether oxygens (including phenoxy) is 2. The second kappa shape index (κ2) is 4.53. The van der Waals surface area contributed by atoms with Crippen LogP contribution in [0, 0.1) is 5.41 Å². The molecule has 1 aliphatic rings. The third kappa shape index (κ3) is 2.52. The van der Waals surface area contributed by atoms with Crippen LogP contribution in [-0.4, -0.2) is 25.2 Å². The van der Waals surface area contributed by atoms with Crippen molar-refractivity contribution in [2.75, 3.05) is 14.2 Å². The van der Waals surface area contributed by atoms with Gasteiger partial charge in [-0.3, -0.25) is 4.98 Å². The number of rotatable bonds is 5. The fourth-order valence-corrected chi connectivity index (χ4v) is 2.01. The Bertz CT molecular complexity index is 404. The van der Waals surface area contributed by atoms with E-state index in [-0.39, 0.29) is 0 Å². The van der Waals surface area contributed by atoms with Crippen molar-refractivity contribution in [1.82, 2.24) is 10.3 Å². The molecule has 1 atom stereocenters. The Morgan fingerprint density at radius 1 is 1.41 bits per heavy atom. The van der Waals surface area contributed by atoms with Gasteiger partial charge in [0.1, 0.15) is 0 Å². The highest BCUT2D eigenvalue weighted by atomic mass is 16.5.